The molecule has 0 heterocycles. The van der Waals surface area contributed by atoms with Crippen LogP contribution in [0.3, 0.4) is 0 Å². The second-order valence-electron chi connectivity index (χ2n) is 9.18. The number of hydrogen-bond acceptors (Lipinski definition) is 11. The molecule has 0 aliphatic heterocycles. The number of amides is 1. The largest absolute Gasteiger partial charge is 0.416 e. The number of hydrogen-bond donors (Lipinski definition) is 4. The van der Waals surface area contributed by atoms with Gasteiger partial charge in [0.25, 0.3) is 0 Å². The van der Waals surface area contributed by atoms with Crippen molar-refractivity contribution in [3.05, 3.63) is 29.3 Å². The first kappa shape index (κ1) is 40.8. The summed E-state index contributed by atoms with van der Waals surface area (Å²) in [5.41, 5.74) is 2.04. The van der Waals surface area contributed by atoms with E-state index in [1.54, 1.807) is 13.0 Å². The summed E-state index contributed by atoms with van der Waals surface area (Å²) < 4.78 is 82.0. The number of nitrogens with two attached hydrogens (primary N) is 1. The van der Waals surface area contributed by atoms with Crippen LogP contribution in [0.1, 0.15) is 17.5 Å². The van der Waals surface area contributed by atoms with Gasteiger partial charge in [0.1, 0.15) is 0 Å². The average molecular weight is 673 g/mol. The van der Waals surface area contributed by atoms with Gasteiger partial charge in [0, 0.05) is 12.2 Å². The number of thiocarbonyl (C=S) groups is 1. The van der Waals surface area contributed by atoms with Crippen molar-refractivity contribution in [1.82, 2.24) is 10.7 Å². The van der Waals surface area contributed by atoms with Gasteiger partial charge in [0.05, 0.1) is 118 Å². The van der Waals surface area contributed by atoms with Gasteiger partial charge in [-0.15, -0.1) is 0 Å². The van der Waals surface area contributed by atoms with Gasteiger partial charge in [0.2, 0.25) is 5.91 Å². The summed E-state index contributed by atoms with van der Waals surface area (Å²) in [5.74, 6) is 4.69. The third-order valence-electron chi connectivity index (χ3n) is 5.43. The van der Waals surface area contributed by atoms with Gasteiger partial charge in [-0.2, -0.15) is 13.2 Å². The molecule has 0 bridgehead atoms. The molecule has 0 saturated carbocycles. The molecule has 17 heteroatoms. The number of alkyl halides is 3. The van der Waals surface area contributed by atoms with Gasteiger partial charge >= 0.3 is 6.18 Å². The summed E-state index contributed by atoms with van der Waals surface area (Å²) in [4.78, 5) is 10.9. The lowest BCUT2D eigenvalue weighted by atomic mass is 10.1. The van der Waals surface area contributed by atoms with Gasteiger partial charge in [-0.1, -0.05) is 0 Å². The first-order valence-corrected chi connectivity index (χ1v) is 15.0. The molecular formula is C28H47F3N4O9S. The van der Waals surface area contributed by atoms with Crippen molar-refractivity contribution < 1.29 is 55.9 Å². The molecule has 0 unspecified atom stereocenters. The quantitative estimate of drug-likeness (QED) is 0.0337. The Labute approximate surface area is 267 Å². The first-order chi connectivity index (χ1) is 21.7. The van der Waals surface area contributed by atoms with E-state index in [1.807, 2.05) is 5.43 Å². The summed E-state index contributed by atoms with van der Waals surface area (Å²) in [5, 5.41) is 5.86. The van der Waals surface area contributed by atoms with Gasteiger partial charge < -0.3 is 48.5 Å². The molecule has 0 aromatic heterocycles. The maximum atomic E-state index is 13.0. The number of rotatable bonds is 28. The van der Waals surface area contributed by atoms with E-state index < -0.39 is 11.7 Å². The number of aryl methyl sites for hydroxylation is 1. The molecule has 0 spiro atoms. The van der Waals surface area contributed by atoms with E-state index in [-0.39, 0.29) is 23.1 Å². The summed E-state index contributed by atoms with van der Waals surface area (Å²) in [6, 6.07) is 3.68. The molecule has 0 aliphatic rings. The van der Waals surface area contributed by atoms with E-state index in [0.29, 0.717) is 118 Å². The van der Waals surface area contributed by atoms with Gasteiger partial charge in [-0.3, -0.25) is 10.2 Å². The number of ether oxygens (including phenoxy) is 8. The number of nitrogens with one attached hydrogen (secondary N) is 3. The topological polar surface area (TPSA) is 153 Å². The molecule has 1 rings (SSSR count). The summed E-state index contributed by atoms with van der Waals surface area (Å²) in [6.45, 7) is 8.66. The molecular weight excluding hydrogens is 625 g/mol. The predicted molar refractivity (Wildman–Crippen MR) is 164 cm³/mol. The predicted octanol–water partition coefficient (Wildman–Crippen LogP) is 1.81. The lowest BCUT2D eigenvalue weighted by molar-refractivity contribution is -0.137. The van der Waals surface area contributed by atoms with E-state index in [1.165, 1.54) is 0 Å². The van der Waals surface area contributed by atoms with E-state index in [2.05, 4.69) is 10.6 Å². The Bertz CT molecular complexity index is 921. The Hall–Kier alpha value is -2.19. The van der Waals surface area contributed by atoms with Crippen LogP contribution in [-0.2, 0) is 48.9 Å². The molecule has 0 radical (unpaired) electrons. The average Bonchev–Trinajstić information content (AvgIpc) is 2.99. The molecule has 45 heavy (non-hydrogen) atoms. The normalized spacial score (nSPS) is 11.5. The van der Waals surface area contributed by atoms with E-state index in [0.717, 1.165) is 12.1 Å². The Balaban J connectivity index is 1.78. The molecule has 0 saturated heterocycles. The van der Waals surface area contributed by atoms with Crippen LogP contribution in [0.2, 0.25) is 0 Å². The van der Waals surface area contributed by atoms with E-state index >= 15 is 0 Å². The second kappa shape index (κ2) is 27.0. The molecule has 13 nitrogen and oxygen atoms in total. The Morgan fingerprint density at radius 3 is 1.49 bits per heavy atom. The number of carbonyl (C=O) groups excluding carboxylic acids is 1. The first-order valence-electron chi connectivity index (χ1n) is 14.6. The van der Waals surface area contributed by atoms with Crippen molar-refractivity contribution in [2.24, 2.45) is 5.84 Å². The summed E-state index contributed by atoms with van der Waals surface area (Å²) >= 11 is 5.13. The second-order valence-corrected chi connectivity index (χ2v) is 9.59. The van der Waals surface area contributed by atoms with Crippen LogP contribution in [0.5, 0.6) is 0 Å². The number of halogens is 3. The zero-order valence-corrected chi connectivity index (χ0v) is 26.6. The van der Waals surface area contributed by atoms with Crippen molar-refractivity contribution in [1.29, 1.82) is 0 Å². The van der Waals surface area contributed by atoms with Crippen LogP contribution < -0.4 is 21.9 Å². The van der Waals surface area contributed by atoms with Gasteiger partial charge in [-0.05, 0) is 42.9 Å². The van der Waals surface area contributed by atoms with Crippen molar-refractivity contribution in [3.63, 3.8) is 0 Å². The lowest BCUT2D eigenvalue weighted by Crippen LogP contribution is -2.31. The zero-order valence-electron chi connectivity index (χ0n) is 25.8. The SMILES string of the molecule is Cc1cc(NC(=S)NCCOCCOCCOCCOCCOCCOCCOCCOCCC(=O)NN)cc(C(F)(F)F)c1. The molecule has 1 aromatic carbocycles. The van der Waals surface area contributed by atoms with Crippen molar-refractivity contribution in [2.45, 2.75) is 19.5 Å². The molecule has 0 fully saturated rings. The maximum Gasteiger partial charge on any atom is 0.416 e. The third kappa shape index (κ3) is 24.7. The Morgan fingerprint density at radius 1 is 0.689 bits per heavy atom. The summed E-state index contributed by atoms with van der Waals surface area (Å²) in [7, 11) is 0. The third-order valence-corrected chi connectivity index (χ3v) is 5.68. The standard InChI is InChI=1S/C28H47F3N4O9S/c1-23-20-24(28(29,30)31)22-25(21-23)34-27(45)33-3-5-38-7-9-40-11-13-42-15-17-44-19-18-43-16-14-41-12-10-39-8-6-37-4-2-26(36)35-32/h20-22H,2-19,32H2,1H3,(H,35,36)(H2,33,34,45). The molecule has 5 N–H and O–H groups in total. The highest BCUT2D eigenvalue weighted by atomic mass is 32.1. The minimum Gasteiger partial charge on any atom is -0.379 e. The fourth-order valence-electron chi connectivity index (χ4n) is 3.31. The van der Waals surface area contributed by atoms with Crippen LogP contribution in [0.25, 0.3) is 0 Å². The van der Waals surface area contributed by atoms with Gasteiger partial charge in [-0.25, -0.2) is 5.84 Å². The Kier molecular flexibility index (Phi) is 24.5. The molecule has 260 valence electrons. The van der Waals surface area contributed by atoms with Crippen LogP contribution >= 0.6 is 12.2 Å². The van der Waals surface area contributed by atoms with E-state index in [9.17, 15) is 18.0 Å². The number of carbonyl (C=O) groups is 1. The smallest absolute Gasteiger partial charge is 0.379 e. The van der Waals surface area contributed by atoms with Crippen LogP contribution in [-0.4, -0.2) is 123 Å². The minimum atomic E-state index is -4.42. The fraction of sp³-hybridized carbons (Fsp3) is 0.714. The maximum absolute atomic E-state index is 13.0. The fourth-order valence-corrected chi connectivity index (χ4v) is 3.53. The summed E-state index contributed by atoms with van der Waals surface area (Å²) in [6.07, 6.45) is -4.21. The van der Waals surface area contributed by atoms with Crippen molar-refractivity contribution in [3.8, 4) is 0 Å². The van der Waals surface area contributed by atoms with Crippen LogP contribution in [0.4, 0.5) is 18.9 Å². The van der Waals surface area contributed by atoms with Gasteiger partial charge in [0.15, 0.2) is 5.11 Å². The van der Waals surface area contributed by atoms with Crippen LogP contribution in [0.15, 0.2) is 18.2 Å². The molecule has 1 aromatic rings. The van der Waals surface area contributed by atoms with E-state index in [4.69, 9.17) is 56.0 Å². The number of anilines is 1. The highest BCUT2D eigenvalue weighted by Crippen LogP contribution is 2.31. The minimum absolute atomic E-state index is 0.208. The highest BCUT2D eigenvalue weighted by molar-refractivity contribution is 7.80. The molecule has 0 atom stereocenters. The highest BCUT2D eigenvalue weighted by Gasteiger charge is 2.31. The monoisotopic (exact) mass is 672 g/mol. The van der Waals surface area contributed by atoms with Crippen molar-refractivity contribution in [2.75, 3.05) is 118 Å². The number of benzene rings is 1. The molecule has 0 aliphatic carbocycles. The molecule has 1 amide bonds. The number of hydrazine groups is 1. The lowest BCUT2D eigenvalue weighted by Gasteiger charge is -2.14. The zero-order chi connectivity index (χ0) is 33.0. The van der Waals surface area contributed by atoms with Crippen molar-refractivity contribution >= 4 is 28.9 Å². The Morgan fingerprint density at radius 2 is 1.09 bits per heavy atom. The van der Waals surface area contributed by atoms with Crippen LogP contribution in [0, 0.1) is 6.92 Å².